The second-order valence-corrected chi connectivity index (χ2v) is 2.78. The van der Waals surface area contributed by atoms with E-state index in [1.165, 1.54) is 6.20 Å². The smallest absolute Gasteiger partial charge is 0.422 e. The summed E-state index contributed by atoms with van der Waals surface area (Å²) < 4.78 is 39.8. The van der Waals surface area contributed by atoms with Gasteiger partial charge in [0.25, 0.3) is 0 Å². The number of rotatable bonds is 4. The van der Waals surface area contributed by atoms with Crippen molar-refractivity contribution in [3.05, 3.63) is 18.1 Å². The fraction of sp³-hybridized carbons (Fsp3) is 0.500. The van der Waals surface area contributed by atoms with Crippen molar-refractivity contribution in [3.8, 4) is 5.88 Å². The Morgan fingerprint density at radius 2 is 2.13 bits per heavy atom. The Kier molecular flexibility index (Phi) is 3.84. The van der Waals surface area contributed by atoms with Crippen molar-refractivity contribution in [2.24, 2.45) is 0 Å². The molecule has 0 saturated heterocycles. The van der Waals surface area contributed by atoms with Gasteiger partial charge in [-0.15, -0.1) is 0 Å². The molecular weight excluding hydrogens is 211 g/mol. The average Bonchev–Trinajstić information content (AvgIpc) is 2.15. The summed E-state index contributed by atoms with van der Waals surface area (Å²) in [5.74, 6) is -0.125. The second-order valence-electron chi connectivity index (χ2n) is 2.78. The normalized spacial score (nSPS) is 11.5. The van der Waals surface area contributed by atoms with E-state index in [1.54, 1.807) is 7.05 Å². The van der Waals surface area contributed by atoms with Crippen LogP contribution in [0.3, 0.4) is 0 Å². The van der Waals surface area contributed by atoms with Crippen molar-refractivity contribution >= 4 is 0 Å². The lowest BCUT2D eigenvalue weighted by molar-refractivity contribution is -0.154. The first-order chi connectivity index (χ1) is 7.01. The molecule has 1 aromatic rings. The molecule has 0 amide bonds. The molecule has 0 fully saturated rings. The Balaban J connectivity index is 2.57. The Morgan fingerprint density at radius 1 is 1.40 bits per heavy atom. The number of hydrogen-bond acceptors (Lipinski definition) is 4. The minimum atomic E-state index is -4.36. The van der Waals surface area contributed by atoms with Crippen LogP contribution in [0, 0.1) is 0 Å². The molecule has 0 spiro atoms. The molecule has 0 atom stereocenters. The summed E-state index contributed by atoms with van der Waals surface area (Å²) in [4.78, 5) is 7.53. The van der Waals surface area contributed by atoms with Gasteiger partial charge in [-0.3, -0.25) is 4.98 Å². The third kappa shape index (κ3) is 4.59. The van der Waals surface area contributed by atoms with E-state index in [0.29, 0.717) is 12.2 Å². The molecule has 4 nitrogen and oxygen atoms in total. The Morgan fingerprint density at radius 3 is 2.73 bits per heavy atom. The van der Waals surface area contributed by atoms with Gasteiger partial charge in [0.2, 0.25) is 5.88 Å². The highest BCUT2D eigenvalue weighted by Crippen LogP contribution is 2.16. The van der Waals surface area contributed by atoms with E-state index >= 15 is 0 Å². The fourth-order valence-electron chi connectivity index (χ4n) is 0.878. The van der Waals surface area contributed by atoms with Crippen LogP contribution in [0.15, 0.2) is 12.4 Å². The maximum atomic E-state index is 11.8. The monoisotopic (exact) mass is 221 g/mol. The lowest BCUT2D eigenvalue weighted by Crippen LogP contribution is -2.20. The zero-order valence-electron chi connectivity index (χ0n) is 8.01. The summed E-state index contributed by atoms with van der Waals surface area (Å²) >= 11 is 0. The molecule has 15 heavy (non-hydrogen) atoms. The molecule has 0 unspecified atom stereocenters. The molecule has 1 rings (SSSR count). The molecule has 0 bridgehead atoms. The molecule has 0 aliphatic carbocycles. The van der Waals surface area contributed by atoms with Crippen LogP contribution >= 0.6 is 0 Å². The molecule has 84 valence electrons. The van der Waals surface area contributed by atoms with Crippen molar-refractivity contribution in [2.45, 2.75) is 12.7 Å². The first-order valence-corrected chi connectivity index (χ1v) is 4.16. The largest absolute Gasteiger partial charge is 0.467 e. The summed E-state index contributed by atoms with van der Waals surface area (Å²) in [5.41, 5.74) is 0.525. The van der Waals surface area contributed by atoms with Crippen molar-refractivity contribution in [3.63, 3.8) is 0 Å². The van der Waals surface area contributed by atoms with Crippen LogP contribution in [0.5, 0.6) is 5.88 Å². The number of nitrogens with one attached hydrogen (secondary N) is 1. The van der Waals surface area contributed by atoms with E-state index in [4.69, 9.17) is 0 Å². The average molecular weight is 221 g/mol. The Labute approximate surface area is 84.5 Å². The van der Waals surface area contributed by atoms with Gasteiger partial charge in [0.15, 0.2) is 6.61 Å². The Bertz CT molecular complexity index is 316. The van der Waals surface area contributed by atoms with E-state index in [-0.39, 0.29) is 5.88 Å². The minimum absolute atomic E-state index is 0.125. The zero-order valence-corrected chi connectivity index (χ0v) is 8.01. The van der Waals surface area contributed by atoms with Crippen molar-refractivity contribution < 1.29 is 17.9 Å². The van der Waals surface area contributed by atoms with Crippen LogP contribution in [0.1, 0.15) is 5.69 Å². The van der Waals surface area contributed by atoms with Gasteiger partial charge >= 0.3 is 6.18 Å². The van der Waals surface area contributed by atoms with Gasteiger partial charge < -0.3 is 10.1 Å². The van der Waals surface area contributed by atoms with Crippen LogP contribution in [-0.4, -0.2) is 29.8 Å². The number of ether oxygens (including phenoxy) is 1. The third-order valence-electron chi connectivity index (χ3n) is 1.40. The molecule has 7 heteroatoms. The quantitative estimate of drug-likeness (QED) is 0.828. The maximum Gasteiger partial charge on any atom is 0.422 e. The van der Waals surface area contributed by atoms with Gasteiger partial charge in [0.1, 0.15) is 0 Å². The van der Waals surface area contributed by atoms with Gasteiger partial charge in [-0.25, -0.2) is 4.98 Å². The number of halogens is 3. The van der Waals surface area contributed by atoms with Crippen LogP contribution in [-0.2, 0) is 6.54 Å². The highest BCUT2D eigenvalue weighted by Gasteiger charge is 2.28. The van der Waals surface area contributed by atoms with Crippen LogP contribution in [0.25, 0.3) is 0 Å². The number of alkyl halides is 3. The molecule has 1 heterocycles. The maximum absolute atomic E-state index is 11.8. The first-order valence-electron chi connectivity index (χ1n) is 4.16. The molecule has 1 N–H and O–H groups in total. The van der Waals surface area contributed by atoms with Gasteiger partial charge in [0.05, 0.1) is 11.9 Å². The minimum Gasteiger partial charge on any atom is -0.467 e. The second kappa shape index (κ2) is 4.92. The predicted octanol–water partition coefficient (Wildman–Crippen LogP) is 1.14. The SMILES string of the molecule is CNCc1cncc(OCC(F)(F)F)n1. The van der Waals surface area contributed by atoms with Gasteiger partial charge in [-0.1, -0.05) is 0 Å². The molecule has 0 aliphatic rings. The van der Waals surface area contributed by atoms with Crippen LogP contribution in [0.4, 0.5) is 13.2 Å². The van der Waals surface area contributed by atoms with E-state index in [9.17, 15) is 13.2 Å². The highest BCUT2D eigenvalue weighted by atomic mass is 19.4. The van der Waals surface area contributed by atoms with Crippen LogP contribution in [0.2, 0.25) is 0 Å². The lowest BCUT2D eigenvalue weighted by atomic mass is 10.4. The van der Waals surface area contributed by atoms with Crippen LogP contribution < -0.4 is 10.1 Å². The topological polar surface area (TPSA) is 47.0 Å². The summed E-state index contributed by atoms with van der Waals surface area (Å²) in [7, 11) is 1.70. The van der Waals surface area contributed by atoms with Gasteiger partial charge in [0, 0.05) is 12.7 Å². The van der Waals surface area contributed by atoms with E-state index < -0.39 is 12.8 Å². The fourth-order valence-corrected chi connectivity index (χ4v) is 0.878. The zero-order chi connectivity index (χ0) is 11.3. The molecular formula is C8H10F3N3O. The Hall–Kier alpha value is -1.37. The number of hydrogen-bond donors (Lipinski definition) is 1. The molecule has 1 aromatic heterocycles. The van der Waals surface area contributed by atoms with E-state index in [0.717, 1.165) is 6.20 Å². The molecule has 0 radical (unpaired) electrons. The van der Waals surface area contributed by atoms with Gasteiger partial charge in [-0.05, 0) is 7.05 Å². The standard InChI is InChI=1S/C8H10F3N3O/c1-12-2-6-3-13-4-7(14-6)15-5-8(9,10)11/h3-4,12H,2,5H2,1H3. The van der Waals surface area contributed by atoms with Crippen molar-refractivity contribution in [1.29, 1.82) is 0 Å². The summed E-state index contributed by atoms with van der Waals surface area (Å²) in [6, 6.07) is 0. The lowest BCUT2D eigenvalue weighted by Gasteiger charge is -2.08. The van der Waals surface area contributed by atoms with E-state index in [2.05, 4.69) is 20.0 Å². The summed E-state index contributed by atoms with van der Waals surface area (Å²) in [6.07, 6.45) is -1.76. The molecule has 0 aliphatic heterocycles. The summed E-state index contributed by atoms with van der Waals surface area (Å²) in [5, 5.41) is 2.80. The first kappa shape index (κ1) is 11.7. The van der Waals surface area contributed by atoms with Crippen molar-refractivity contribution in [2.75, 3.05) is 13.7 Å². The predicted molar refractivity (Wildman–Crippen MR) is 46.3 cm³/mol. The van der Waals surface area contributed by atoms with Gasteiger partial charge in [-0.2, -0.15) is 13.2 Å². The molecule has 0 saturated carbocycles. The van der Waals surface area contributed by atoms with Crippen molar-refractivity contribution in [1.82, 2.24) is 15.3 Å². The summed E-state index contributed by atoms with van der Waals surface area (Å²) in [6.45, 7) is -0.930. The number of nitrogens with zero attached hydrogens (tertiary/aromatic N) is 2. The van der Waals surface area contributed by atoms with E-state index in [1.807, 2.05) is 0 Å². The highest BCUT2D eigenvalue weighted by molar-refractivity contribution is 5.08. The molecule has 0 aromatic carbocycles. The third-order valence-corrected chi connectivity index (χ3v) is 1.40. The number of aromatic nitrogens is 2.